The molecule has 2 aromatic carbocycles. The highest BCUT2D eigenvalue weighted by atomic mass is 35.5. The van der Waals surface area contributed by atoms with E-state index in [1.54, 1.807) is 30.3 Å². The van der Waals surface area contributed by atoms with Crippen LogP contribution in [-0.4, -0.2) is 18.9 Å². The Bertz CT molecular complexity index is 870. The van der Waals surface area contributed by atoms with Gasteiger partial charge in [-0.2, -0.15) is 0 Å². The third-order valence-electron chi connectivity index (χ3n) is 4.34. The molecule has 1 fully saturated rings. The number of ether oxygens (including phenoxy) is 1. The van der Waals surface area contributed by atoms with Crippen LogP contribution in [0.4, 0.5) is 11.4 Å². The maximum atomic E-state index is 12.4. The number of halogens is 2. The van der Waals surface area contributed by atoms with Gasteiger partial charge in [0.25, 0.3) is 0 Å². The number of carbonyl (C=O) groups excluding carboxylic acids is 2. The number of nitrogens with one attached hydrogen (secondary N) is 2. The van der Waals surface area contributed by atoms with E-state index in [-0.39, 0.29) is 23.7 Å². The molecule has 1 aliphatic carbocycles. The average Bonchev–Trinajstić information content (AvgIpc) is 3.39. The standard InChI is InChI=1S/C19H18Cl2N2O3/c1-10-3-4-11(20)7-15(10)22-18(24)13-9-14(13)19(25)23-16-8-12(21)5-6-17(16)26-2/h3-8,13-14H,9H2,1-2H3,(H,22,24)(H,23,25). The predicted octanol–water partition coefficient (Wildman–Crippen LogP) is 4.52. The molecule has 1 aliphatic rings. The van der Waals surface area contributed by atoms with Crippen LogP contribution in [0.25, 0.3) is 0 Å². The monoisotopic (exact) mass is 392 g/mol. The molecule has 26 heavy (non-hydrogen) atoms. The summed E-state index contributed by atoms with van der Waals surface area (Å²) in [5.74, 6) is -0.641. The maximum Gasteiger partial charge on any atom is 0.228 e. The summed E-state index contributed by atoms with van der Waals surface area (Å²) in [5, 5.41) is 6.66. The predicted molar refractivity (Wildman–Crippen MR) is 103 cm³/mol. The van der Waals surface area contributed by atoms with Crippen molar-refractivity contribution in [2.75, 3.05) is 17.7 Å². The van der Waals surface area contributed by atoms with Crippen molar-refractivity contribution < 1.29 is 14.3 Å². The minimum atomic E-state index is -0.377. The second kappa shape index (κ2) is 7.56. The highest BCUT2D eigenvalue weighted by molar-refractivity contribution is 6.31. The normalized spacial score (nSPS) is 18.2. The number of anilines is 2. The molecule has 0 spiro atoms. The van der Waals surface area contributed by atoms with Crippen LogP contribution in [0.15, 0.2) is 36.4 Å². The molecule has 2 atom stereocenters. The van der Waals surface area contributed by atoms with E-state index < -0.39 is 0 Å². The first kappa shape index (κ1) is 18.5. The Morgan fingerprint density at radius 3 is 2.12 bits per heavy atom. The van der Waals surface area contributed by atoms with Crippen LogP contribution in [-0.2, 0) is 9.59 Å². The van der Waals surface area contributed by atoms with Gasteiger partial charge in [0.05, 0.1) is 24.6 Å². The minimum absolute atomic E-state index is 0.187. The van der Waals surface area contributed by atoms with E-state index in [9.17, 15) is 9.59 Å². The van der Waals surface area contributed by atoms with Crippen LogP contribution in [0, 0.1) is 18.8 Å². The first-order valence-corrected chi connectivity index (χ1v) is 8.86. The third kappa shape index (κ3) is 4.11. The first-order valence-electron chi connectivity index (χ1n) is 8.10. The number of benzene rings is 2. The molecule has 2 amide bonds. The van der Waals surface area contributed by atoms with Gasteiger partial charge in [-0.25, -0.2) is 0 Å². The summed E-state index contributed by atoms with van der Waals surface area (Å²) < 4.78 is 5.21. The number of hydrogen-bond acceptors (Lipinski definition) is 3. The van der Waals surface area contributed by atoms with Crippen molar-refractivity contribution in [1.82, 2.24) is 0 Å². The Morgan fingerprint density at radius 1 is 0.962 bits per heavy atom. The summed E-state index contributed by atoms with van der Waals surface area (Å²) in [6.45, 7) is 1.88. The molecule has 0 aliphatic heterocycles. The fourth-order valence-electron chi connectivity index (χ4n) is 2.73. The molecule has 136 valence electrons. The summed E-state index contributed by atoms with van der Waals surface area (Å²) >= 11 is 11.9. The molecule has 2 aromatic rings. The molecule has 2 N–H and O–H groups in total. The molecule has 1 saturated carbocycles. The number of rotatable bonds is 5. The molecule has 0 heterocycles. The maximum absolute atomic E-state index is 12.4. The number of methoxy groups -OCH3 is 1. The Hall–Kier alpha value is -2.24. The van der Waals surface area contributed by atoms with Crippen LogP contribution < -0.4 is 15.4 Å². The number of hydrogen-bond donors (Lipinski definition) is 2. The van der Waals surface area contributed by atoms with Gasteiger partial charge in [0.1, 0.15) is 5.75 Å². The number of carbonyl (C=O) groups is 2. The van der Waals surface area contributed by atoms with Gasteiger partial charge in [0.15, 0.2) is 0 Å². The van der Waals surface area contributed by atoms with Crippen molar-refractivity contribution in [2.45, 2.75) is 13.3 Å². The minimum Gasteiger partial charge on any atom is -0.495 e. The van der Waals surface area contributed by atoms with E-state index in [1.165, 1.54) is 7.11 Å². The molecular formula is C19H18Cl2N2O3. The van der Waals surface area contributed by atoms with Gasteiger partial charge >= 0.3 is 0 Å². The Kier molecular flexibility index (Phi) is 5.39. The van der Waals surface area contributed by atoms with E-state index in [0.717, 1.165) is 5.56 Å². The summed E-state index contributed by atoms with van der Waals surface area (Å²) in [6, 6.07) is 10.3. The molecule has 0 aromatic heterocycles. The lowest BCUT2D eigenvalue weighted by molar-refractivity contribution is -0.122. The quantitative estimate of drug-likeness (QED) is 0.785. The Morgan fingerprint density at radius 2 is 1.50 bits per heavy atom. The van der Waals surface area contributed by atoms with E-state index in [1.807, 2.05) is 13.0 Å². The Balaban J connectivity index is 1.63. The SMILES string of the molecule is COc1ccc(Cl)cc1NC(=O)C1CC1C(=O)Nc1cc(Cl)ccc1C. The first-order chi connectivity index (χ1) is 12.4. The Labute approximate surface area is 161 Å². The lowest BCUT2D eigenvalue weighted by Gasteiger charge is -2.11. The molecule has 7 heteroatoms. The zero-order valence-corrected chi connectivity index (χ0v) is 15.8. The van der Waals surface area contributed by atoms with Gasteiger partial charge < -0.3 is 15.4 Å². The zero-order chi connectivity index (χ0) is 18.8. The topological polar surface area (TPSA) is 67.4 Å². The number of amides is 2. The van der Waals surface area contributed by atoms with Gasteiger partial charge in [0.2, 0.25) is 11.8 Å². The van der Waals surface area contributed by atoms with Gasteiger partial charge in [-0.15, -0.1) is 0 Å². The van der Waals surface area contributed by atoms with Crippen molar-refractivity contribution in [2.24, 2.45) is 11.8 Å². The molecule has 0 bridgehead atoms. The molecule has 5 nitrogen and oxygen atoms in total. The fraction of sp³-hybridized carbons (Fsp3) is 0.263. The number of aryl methyl sites for hydroxylation is 1. The van der Waals surface area contributed by atoms with Crippen molar-refractivity contribution in [1.29, 1.82) is 0 Å². The highest BCUT2D eigenvalue weighted by Gasteiger charge is 2.48. The van der Waals surface area contributed by atoms with Crippen molar-refractivity contribution in [3.63, 3.8) is 0 Å². The summed E-state index contributed by atoms with van der Waals surface area (Å²) in [6.07, 6.45) is 0.500. The summed E-state index contributed by atoms with van der Waals surface area (Å²) in [4.78, 5) is 24.8. The van der Waals surface area contributed by atoms with E-state index >= 15 is 0 Å². The van der Waals surface area contributed by atoms with Crippen LogP contribution >= 0.6 is 23.2 Å². The zero-order valence-electron chi connectivity index (χ0n) is 14.3. The highest BCUT2D eigenvalue weighted by Crippen LogP contribution is 2.41. The van der Waals surface area contributed by atoms with E-state index in [0.29, 0.717) is 33.6 Å². The largest absolute Gasteiger partial charge is 0.495 e. The van der Waals surface area contributed by atoms with Gasteiger partial charge in [-0.3, -0.25) is 9.59 Å². The molecule has 3 rings (SSSR count). The van der Waals surface area contributed by atoms with Crippen molar-refractivity contribution in [3.8, 4) is 5.75 Å². The average molecular weight is 393 g/mol. The third-order valence-corrected chi connectivity index (χ3v) is 4.81. The second-order valence-corrected chi connectivity index (χ2v) is 7.10. The fourth-order valence-corrected chi connectivity index (χ4v) is 3.08. The van der Waals surface area contributed by atoms with E-state index in [4.69, 9.17) is 27.9 Å². The molecule has 2 unspecified atom stereocenters. The van der Waals surface area contributed by atoms with Crippen molar-refractivity contribution >= 4 is 46.4 Å². The summed E-state index contributed by atoms with van der Waals surface area (Å²) in [7, 11) is 1.51. The van der Waals surface area contributed by atoms with Crippen molar-refractivity contribution in [3.05, 3.63) is 52.0 Å². The van der Waals surface area contributed by atoms with Crippen LogP contribution in [0.1, 0.15) is 12.0 Å². The lowest BCUT2D eigenvalue weighted by atomic mass is 10.2. The van der Waals surface area contributed by atoms with Crippen LogP contribution in [0.2, 0.25) is 10.0 Å². The van der Waals surface area contributed by atoms with Crippen LogP contribution in [0.3, 0.4) is 0 Å². The van der Waals surface area contributed by atoms with E-state index in [2.05, 4.69) is 10.6 Å². The van der Waals surface area contributed by atoms with Gasteiger partial charge in [-0.05, 0) is 49.2 Å². The smallest absolute Gasteiger partial charge is 0.228 e. The summed E-state index contributed by atoms with van der Waals surface area (Å²) in [5.41, 5.74) is 2.06. The molecule has 0 saturated heterocycles. The lowest BCUT2D eigenvalue weighted by Crippen LogP contribution is -2.21. The van der Waals surface area contributed by atoms with Gasteiger partial charge in [-0.1, -0.05) is 29.3 Å². The van der Waals surface area contributed by atoms with Gasteiger partial charge in [0, 0.05) is 15.7 Å². The second-order valence-electron chi connectivity index (χ2n) is 6.23. The molecule has 0 radical (unpaired) electrons. The molecular weight excluding hydrogens is 375 g/mol. The van der Waals surface area contributed by atoms with Crippen LogP contribution in [0.5, 0.6) is 5.75 Å².